The Morgan fingerprint density at radius 2 is 2.10 bits per heavy atom. The fraction of sp³-hybridized carbons (Fsp3) is 0.0667. The molecule has 108 valence electrons. The van der Waals surface area contributed by atoms with Gasteiger partial charge in [-0.3, -0.25) is 4.79 Å². The zero-order valence-corrected chi connectivity index (χ0v) is 12.0. The van der Waals surface area contributed by atoms with Gasteiger partial charge in [-0.05, 0) is 35.9 Å². The summed E-state index contributed by atoms with van der Waals surface area (Å²) in [7, 11) is 1.45. The number of methoxy groups -OCH3 is 1. The first-order valence-corrected chi connectivity index (χ1v) is 6.44. The second-order valence-electron chi connectivity index (χ2n) is 4.11. The van der Waals surface area contributed by atoms with Gasteiger partial charge in [-0.25, -0.2) is 5.43 Å². The number of carbonyl (C=O) groups is 1. The second-order valence-corrected chi connectivity index (χ2v) is 4.52. The number of phenols is 1. The van der Waals surface area contributed by atoms with Crippen LogP contribution in [-0.4, -0.2) is 24.3 Å². The van der Waals surface area contributed by atoms with E-state index in [4.69, 9.17) is 16.3 Å². The van der Waals surface area contributed by atoms with Gasteiger partial charge in [0.05, 0.1) is 23.9 Å². The number of benzene rings is 2. The largest absolute Gasteiger partial charge is 0.504 e. The molecule has 0 spiro atoms. The number of ether oxygens (including phenoxy) is 1. The average Bonchev–Trinajstić information content (AvgIpc) is 2.49. The molecule has 0 saturated carbocycles. The smallest absolute Gasteiger partial charge is 0.272 e. The summed E-state index contributed by atoms with van der Waals surface area (Å²) in [6, 6.07) is 11.4. The SMILES string of the molecule is COc1cc(C=NNC(=O)c2ccccc2Cl)ccc1O. The van der Waals surface area contributed by atoms with E-state index in [1.54, 1.807) is 36.4 Å². The molecule has 2 N–H and O–H groups in total. The molecule has 0 saturated heterocycles. The summed E-state index contributed by atoms with van der Waals surface area (Å²) in [5.41, 5.74) is 3.40. The lowest BCUT2D eigenvalue weighted by atomic mass is 10.2. The van der Waals surface area contributed by atoms with Crippen LogP contribution in [0.4, 0.5) is 0 Å². The monoisotopic (exact) mass is 304 g/mol. The van der Waals surface area contributed by atoms with E-state index >= 15 is 0 Å². The number of phenolic OH excluding ortho intramolecular Hbond substituents is 1. The van der Waals surface area contributed by atoms with Gasteiger partial charge in [-0.15, -0.1) is 0 Å². The molecule has 0 aliphatic rings. The molecule has 1 amide bonds. The number of amides is 1. The van der Waals surface area contributed by atoms with E-state index < -0.39 is 5.91 Å². The van der Waals surface area contributed by atoms with Crippen molar-refractivity contribution in [3.8, 4) is 11.5 Å². The number of nitrogens with zero attached hydrogens (tertiary/aromatic N) is 1. The summed E-state index contributed by atoms with van der Waals surface area (Å²) in [6.07, 6.45) is 1.44. The molecule has 5 nitrogen and oxygen atoms in total. The third-order valence-corrected chi connectivity index (χ3v) is 3.03. The summed E-state index contributed by atoms with van der Waals surface area (Å²) in [4.78, 5) is 11.9. The minimum Gasteiger partial charge on any atom is -0.504 e. The van der Waals surface area contributed by atoms with Crippen LogP contribution in [0.3, 0.4) is 0 Å². The van der Waals surface area contributed by atoms with Crippen molar-refractivity contribution in [3.63, 3.8) is 0 Å². The number of halogens is 1. The van der Waals surface area contributed by atoms with Gasteiger partial charge in [-0.2, -0.15) is 5.10 Å². The lowest BCUT2D eigenvalue weighted by Gasteiger charge is -2.04. The molecule has 0 radical (unpaired) electrons. The van der Waals surface area contributed by atoms with Crippen LogP contribution >= 0.6 is 11.6 Å². The molecule has 0 fully saturated rings. The number of carbonyl (C=O) groups excluding carboxylic acids is 1. The van der Waals surface area contributed by atoms with Crippen molar-refractivity contribution in [2.75, 3.05) is 7.11 Å². The number of aromatic hydroxyl groups is 1. The summed E-state index contributed by atoms with van der Waals surface area (Å²) in [6.45, 7) is 0. The molecule has 21 heavy (non-hydrogen) atoms. The van der Waals surface area contributed by atoms with Gasteiger partial charge in [0.1, 0.15) is 0 Å². The highest BCUT2D eigenvalue weighted by atomic mass is 35.5. The number of hydrogen-bond acceptors (Lipinski definition) is 4. The van der Waals surface area contributed by atoms with Crippen LogP contribution in [0.5, 0.6) is 11.5 Å². The molecular weight excluding hydrogens is 292 g/mol. The van der Waals surface area contributed by atoms with Crippen molar-refractivity contribution in [1.29, 1.82) is 0 Å². The summed E-state index contributed by atoms with van der Waals surface area (Å²) in [5.74, 6) is -0.0336. The lowest BCUT2D eigenvalue weighted by molar-refractivity contribution is 0.0955. The normalized spacial score (nSPS) is 10.6. The Balaban J connectivity index is 2.06. The predicted molar refractivity (Wildman–Crippen MR) is 81.2 cm³/mol. The van der Waals surface area contributed by atoms with Gasteiger partial charge < -0.3 is 9.84 Å². The number of nitrogens with one attached hydrogen (secondary N) is 1. The maximum atomic E-state index is 11.9. The fourth-order valence-electron chi connectivity index (χ4n) is 1.65. The topological polar surface area (TPSA) is 70.9 Å². The van der Waals surface area contributed by atoms with Crippen LogP contribution in [0.1, 0.15) is 15.9 Å². The maximum Gasteiger partial charge on any atom is 0.272 e. The first kappa shape index (κ1) is 14.9. The van der Waals surface area contributed by atoms with Gasteiger partial charge >= 0.3 is 0 Å². The number of rotatable bonds is 4. The third-order valence-electron chi connectivity index (χ3n) is 2.70. The molecule has 0 aliphatic carbocycles. The van der Waals surface area contributed by atoms with E-state index in [9.17, 15) is 9.90 Å². The molecule has 0 unspecified atom stereocenters. The average molecular weight is 305 g/mol. The van der Waals surface area contributed by atoms with Crippen molar-refractivity contribution < 1.29 is 14.6 Å². The van der Waals surface area contributed by atoms with Crippen LogP contribution in [-0.2, 0) is 0 Å². The Morgan fingerprint density at radius 1 is 1.33 bits per heavy atom. The van der Waals surface area contributed by atoms with Crippen molar-refractivity contribution >= 4 is 23.7 Å². The molecule has 2 rings (SSSR count). The number of hydrazone groups is 1. The van der Waals surface area contributed by atoms with Crippen molar-refractivity contribution in [3.05, 3.63) is 58.6 Å². The zero-order chi connectivity index (χ0) is 15.2. The summed E-state index contributed by atoms with van der Waals surface area (Å²) < 4.78 is 4.98. The van der Waals surface area contributed by atoms with E-state index in [0.717, 1.165) is 0 Å². The van der Waals surface area contributed by atoms with Gasteiger partial charge in [0.15, 0.2) is 11.5 Å². The van der Waals surface area contributed by atoms with E-state index in [2.05, 4.69) is 10.5 Å². The molecule has 0 atom stereocenters. The minimum absolute atomic E-state index is 0.0368. The first-order valence-electron chi connectivity index (χ1n) is 6.06. The maximum absolute atomic E-state index is 11.9. The van der Waals surface area contributed by atoms with E-state index in [0.29, 0.717) is 21.9 Å². The lowest BCUT2D eigenvalue weighted by Crippen LogP contribution is -2.17. The van der Waals surface area contributed by atoms with Crippen molar-refractivity contribution in [2.45, 2.75) is 0 Å². The molecule has 0 aromatic heterocycles. The molecule has 2 aromatic carbocycles. The molecule has 2 aromatic rings. The van der Waals surface area contributed by atoms with Gasteiger partial charge in [0.2, 0.25) is 0 Å². The Morgan fingerprint density at radius 3 is 2.81 bits per heavy atom. The van der Waals surface area contributed by atoms with Crippen LogP contribution in [0.25, 0.3) is 0 Å². The van der Waals surface area contributed by atoms with Crippen molar-refractivity contribution in [2.24, 2.45) is 5.10 Å². The molecule has 0 bridgehead atoms. The minimum atomic E-state index is -0.400. The Bertz CT molecular complexity index is 686. The second kappa shape index (κ2) is 6.76. The summed E-state index contributed by atoms with van der Waals surface area (Å²) in [5, 5.41) is 13.7. The molecule has 6 heteroatoms. The Hall–Kier alpha value is -2.53. The van der Waals surface area contributed by atoms with Gasteiger partial charge in [0, 0.05) is 0 Å². The van der Waals surface area contributed by atoms with Crippen LogP contribution < -0.4 is 10.2 Å². The van der Waals surface area contributed by atoms with Crippen LogP contribution in [0.15, 0.2) is 47.6 Å². The number of hydrogen-bond donors (Lipinski definition) is 2. The fourth-order valence-corrected chi connectivity index (χ4v) is 1.87. The van der Waals surface area contributed by atoms with Crippen LogP contribution in [0.2, 0.25) is 5.02 Å². The highest BCUT2D eigenvalue weighted by molar-refractivity contribution is 6.33. The predicted octanol–water partition coefficient (Wildman–Crippen LogP) is 2.82. The molecular formula is C15H13ClN2O3. The van der Waals surface area contributed by atoms with Crippen LogP contribution in [0, 0.1) is 0 Å². The Labute approximate surface area is 126 Å². The standard InChI is InChI=1S/C15H13ClN2O3/c1-21-14-8-10(6-7-13(14)19)9-17-18-15(20)11-4-2-3-5-12(11)16/h2-9,19H,1H3,(H,18,20). The zero-order valence-electron chi connectivity index (χ0n) is 11.2. The van der Waals surface area contributed by atoms with E-state index in [1.807, 2.05) is 0 Å². The van der Waals surface area contributed by atoms with Gasteiger partial charge in [0.25, 0.3) is 5.91 Å². The highest BCUT2D eigenvalue weighted by Crippen LogP contribution is 2.25. The van der Waals surface area contributed by atoms with Crippen molar-refractivity contribution in [1.82, 2.24) is 5.43 Å². The quantitative estimate of drug-likeness (QED) is 0.674. The molecule has 0 aliphatic heterocycles. The third kappa shape index (κ3) is 3.73. The highest BCUT2D eigenvalue weighted by Gasteiger charge is 2.07. The Kier molecular flexibility index (Phi) is 4.79. The van der Waals surface area contributed by atoms with E-state index in [-0.39, 0.29) is 5.75 Å². The van der Waals surface area contributed by atoms with E-state index in [1.165, 1.54) is 19.4 Å². The van der Waals surface area contributed by atoms with Gasteiger partial charge in [-0.1, -0.05) is 23.7 Å². The molecule has 0 heterocycles. The summed E-state index contributed by atoms with van der Waals surface area (Å²) >= 11 is 5.92. The first-order chi connectivity index (χ1) is 10.1.